The van der Waals surface area contributed by atoms with Gasteiger partial charge < -0.3 is 36.0 Å². The Morgan fingerprint density at radius 3 is 1.97 bits per heavy atom. The van der Waals surface area contributed by atoms with E-state index < -0.39 is 76.8 Å². The van der Waals surface area contributed by atoms with Gasteiger partial charge in [-0.25, -0.2) is 9.59 Å². The third-order valence-electron chi connectivity index (χ3n) is 10.9. The molecule has 15 heteroatoms. The van der Waals surface area contributed by atoms with Crippen molar-refractivity contribution in [1.29, 1.82) is 0 Å². The van der Waals surface area contributed by atoms with Crippen LogP contribution in [0, 0.1) is 10.8 Å². The molecule has 1 aliphatic heterocycles. The van der Waals surface area contributed by atoms with Crippen molar-refractivity contribution in [2.75, 3.05) is 13.1 Å². The number of nitrogens with one attached hydrogen (secondary N) is 3. The van der Waals surface area contributed by atoms with Gasteiger partial charge in [-0.15, -0.1) is 0 Å². The first-order valence-corrected chi connectivity index (χ1v) is 20.6. The van der Waals surface area contributed by atoms with Crippen LogP contribution in [-0.2, 0) is 35.2 Å². The number of carboxylic acid groups (broad SMARTS) is 1. The van der Waals surface area contributed by atoms with Crippen molar-refractivity contribution in [1.82, 2.24) is 30.7 Å². The number of amides is 5. The van der Waals surface area contributed by atoms with Crippen molar-refractivity contribution >= 4 is 23.9 Å². The number of benzene rings is 3. The number of carbonyl (C=O) groups is 4. The fraction of sp³-hybridized carbons (Fsp3) is 0.426. The Balaban J connectivity index is 1.42. The molecule has 62 heavy (non-hydrogen) atoms. The van der Waals surface area contributed by atoms with Gasteiger partial charge >= 0.3 is 18.3 Å². The number of urea groups is 1. The van der Waals surface area contributed by atoms with Crippen molar-refractivity contribution in [2.24, 2.45) is 10.8 Å². The monoisotopic (exact) mass is 858 g/mol. The van der Waals surface area contributed by atoms with E-state index in [1.807, 2.05) is 72.8 Å². The lowest BCUT2D eigenvalue weighted by Crippen LogP contribution is -2.59. The maximum atomic E-state index is 14.6. The van der Waals surface area contributed by atoms with Gasteiger partial charge in [0.05, 0.1) is 23.4 Å². The van der Waals surface area contributed by atoms with E-state index in [-0.39, 0.29) is 44.5 Å². The normalized spacial score (nSPS) is 15.9. The minimum atomic E-state index is -4.61. The Morgan fingerprint density at radius 2 is 1.37 bits per heavy atom. The molecule has 0 unspecified atom stereocenters. The molecular weight excluding hydrogens is 802 g/mol. The molecule has 4 aromatic rings. The SMILES string of the molecule is CC(C)(C)[C@H](NC(=O)O)C(=O)N[C@@H](Cc1ccc(-c2ccccn2)cc1)C[C@H](O)[C@H](Cc1ccccc1)NC(=O)[C@@H](N1CCN(Cc2ccccc2C(F)(F)F)C1=O)C(C)(C)C. The molecule has 12 nitrogen and oxygen atoms in total. The lowest BCUT2D eigenvalue weighted by Gasteiger charge is -2.38. The Kier molecular flexibility index (Phi) is 15.1. The van der Waals surface area contributed by atoms with Crippen LogP contribution in [0.15, 0.2) is 103 Å². The Morgan fingerprint density at radius 1 is 0.742 bits per heavy atom. The smallest absolute Gasteiger partial charge is 0.416 e. The number of aromatic nitrogens is 1. The van der Waals surface area contributed by atoms with E-state index >= 15 is 0 Å². The van der Waals surface area contributed by atoms with Crippen LogP contribution >= 0.6 is 0 Å². The molecule has 2 heterocycles. The summed E-state index contributed by atoms with van der Waals surface area (Å²) in [7, 11) is 0. The molecule has 5 rings (SSSR count). The quantitative estimate of drug-likeness (QED) is 0.0789. The summed E-state index contributed by atoms with van der Waals surface area (Å²) in [4.78, 5) is 61.2. The molecule has 5 atom stereocenters. The van der Waals surface area contributed by atoms with E-state index in [9.17, 15) is 42.6 Å². The van der Waals surface area contributed by atoms with Gasteiger partial charge in [-0.3, -0.25) is 14.6 Å². The number of hydrogen-bond donors (Lipinski definition) is 5. The number of nitrogens with zero attached hydrogens (tertiary/aromatic N) is 3. The average Bonchev–Trinajstić information content (AvgIpc) is 3.54. The minimum Gasteiger partial charge on any atom is -0.465 e. The predicted molar refractivity (Wildman–Crippen MR) is 230 cm³/mol. The van der Waals surface area contributed by atoms with E-state index in [1.165, 1.54) is 28.0 Å². The van der Waals surface area contributed by atoms with Crippen molar-refractivity contribution in [3.63, 3.8) is 0 Å². The van der Waals surface area contributed by atoms with Gasteiger partial charge in [0.25, 0.3) is 0 Å². The van der Waals surface area contributed by atoms with Crippen LogP contribution < -0.4 is 16.0 Å². The topological polar surface area (TPSA) is 164 Å². The molecule has 1 aromatic heterocycles. The standard InChI is InChI=1S/C47H57F3N6O6/c1-45(2,3)39(54-43(60)61)41(58)52-34(26-31-19-21-32(22-20-31)36-18-12-13-23-51-36)28-38(57)37(27-30-14-8-7-9-15-30)53-42(59)40(46(4,5)6)56-25-24-55(44(56)62)29-33-16-10-11-17-35(33)47(48,49)50/h7-23,34,37-40,54,57H,24-29H2,1-6H3,(H,52,58)(H,53,59)(H,60,61)/t34-,37-,38-,39+,40+/m0/s1. The summed E-state index contributed by atoms with van der Waals surface area (Å²) in [6.45, 7) is 10.4. The molecule has 0 bridgehead atoms. The van der Waals surface area contributed by atoms with E-state index in [0.717, 1.165) is 28.5 Å². The van der Waals surface area contributed by atoms with E-state index in [4.69, 9.17) is 0 Å². The minimum absolute atomic E-state index is 0.0589. The Bertz CT molecular complexity index is 2140. The molecule has 1 saturated heterocycles. The molecular formula is C47H57F3N6O6. The fourth-order valence-corrected chi connectivity index (χ4v) is 7.91. The number of pyridine rings is 1. The Labute approximate surface area is 360 Å². The molecule has 5 N–H and O–H groups in total. The first-order chi connectivity index (χ1) is 29.1. The molecule has 332 valence electrons. The first kappa shape index (κ1) is 47.1. The average molecular weight is 859 g/mol. The molecule has 0 aliphatic carbocycles. The summed E-state index contributed by atoms with van der Waals surface area (Å²) < 4.78 is 41.5. The number of halogens is 3. The molecule has 1 fully saturated rings. The van der Waals surface area contributed by atoms with E-state index in [0.29, 0.717) is 0 Å². The van der Waals surface area contributed by atoms with Crippen molar-refractivity contribution in [3.8, 4) is 11.3 Å². The maximum absolute atomic E-state index is 14.6. The maximum Gasteiger partial charge on any atom is 0.416 e. The van der Waals surface area contributed by atoms with Crippen molar-refractivity contribution < 1.29 is 42.6 Å². The number of carbonyl (C=O) groups excluding carboxylic acids is 3. The van der Waals surface area contributed by atoms with Crippen LogP contribution in [-0.4, -0.2) is 92.3 Å². The zero-order valence-corrected chi connectivity index (χ0v) is 35.9. The summed E-state index contributed by atoms with van der Waals surface area (Å²) in [6.07, 6.45) is -5.22. The van der Waals surface area contributed by atoms with Crippen LogP contribution in [0.1, 0.15) is 70.2 Å². The summed E-state index contributed by atoms with van der Waals surface area (Å²) in [5, 5.41) is 30.1. The third kappa shape index (κ3) is 12.6. The second kappa shape index (κ2) is 19.8. The molecule has 0 radical (unpaired) electrons. The van der Waals surface area contributed by atoms with Crippen LogP contribution in [0.25, 0.3) is 11.3 Å². The molecule has 0 saturated carbocycles. The highest BCUT2D eigenvalue weighted by Gasteiger charge is 2.45. The highest BCUT2D eigenvalue weighted by atomic mass is 19.4. The van der Waals surface area contributed by atoms with Gasteiger partial charge in [0, 0.05) is 37.4 Å². The lowest BCUT2D eigenvalue weighted by molar-refractivity contribution is -0.138. The number of hydrogen-bond acceptors (Lipinski definition) is 6. The number of alkyl halides is 3. The van der Waals surface area contributed by atoms with Gasteiger partial charge in [-0.2, -0.15) is 13.2 Å². The molecule has 3 aromatic carbocycles. The Hall–Kier alpha value is -5.96. The third-order valence-corrected chi connectivity index (χ3v) is 10.9. The summed E-state index contributed by atoms with van der Waals surface area (Å²) in [5.41, 5.74) is 0.694. The van der Waals surface area contributed by atoms with E-state index in [2.05, 4.69) is 20.9 Å². The van der Waals surface area contributed by atoms with Crippen molar-refractivity contribution in [3.05, 3.63) is 126 Å². The van der Waals surface area contributed by atoms with E-state index in [1.54, 1.807) is 47.7 Å². The molecule has 1 aliphatic rings. The van der Waals surface area contributed by atoms with Crippen molar-refractivity contribution in [2.45, 2.75) is 104 Å². The molecule has 5 amide bonds. The summed E-state index contributed by atoms with van der Waals surface area (Å²) >= 11 is 0. The number of aliphatic hydroxyl groups excluding tert-OH is 1. The van der Waals surface area contributed by atoms with Gasteiger partial charge in [0.1, 0.15) is 12.1 Å². The van der Waals surface area contributed by atoms with Crippen LogP contribution in [0.3, 0.4) is 0 Å². The highest BCUT2D eigenvalue weighted by molar-refractivity contribution is 5.89. The fourth-order valence-electron chi connectivity index (χ4n) is 7.91. The van der Waals surface area contributed by atoms with Crippen LogP contribution in [0.5, 0.6) is 0 Å². The largest absolute Gasteiger partial charge is 0.465 e. The zero-order valence-electron chi connectivity index (χ0n) is 35.9. The molecule has 0 spiro atoms. The van der Waals surface area contributed by atoms with Gasteiger partial charge in [-0.05, 0) is 65.0 Å². The van der Waals surface area contributed by atoms with Gasteiger partial charge in [0.15, 0.2) is 0 Å². The predicted octanol–water partition coefficient (Wildman–Crippen LogP) is 7.31. The zero-order chi connectivity index (χ0) is 45.4. The second-order valence-electron chi connectivity index (χ2n) is 18.0. The van der Waals surface area contributed by atoms with Gasteiger partial charge in [-0.1, -0.05) is 120 Å². The number of aliphatic hydroxyl groups is 1. The lowest BCUT2D eigenvalue weighted by atomic mass is 9.84. The van der Waals surface area contributed by atoms with Crippen LogP contribution in [0.4, 0.5) is 22.8 Å². The van der Waals surface area contributed by atoms with Crippen LogP contribution in [0.2, 0.25) is 0 Å². The highest BCUT2D eigenvalue weighted by Crippen LogP contribution is 2.34. The first-order valence-electron chi connectivity index (χ1n) is 20.6. The number of rotatable bonds is 16. The summed E-state index contributed by atoms with van der Waals surface area (Å²) in [6, 6.07) is 22.9. The summed E-state index contributed by atoms with van der Waals surface area (Å²) in [5.74, 6) is -1.15. The second-order valence-corrected chi connectivity index (χ2v) is 18.0. The van der Waals surface area contributed by atoms with Gasteiger partial charge in [0.2, 0.25) is 11.8 Å².